The second-order valence-corrected chi connectivity index (χ2v) is 11.9. The second-order valence-electron chi connectivity index (χ2n) is 9.12. The summed E-state index contributed by atoms with van der Waals surface area (Å²) in [5, 5.41) is 2.49. The Kier molecular flexibility index (Phi) is 5.04. The Labute approximate surface area is 199 Å². The van der Waals surface area contributed by atoms with Crippen LogP contribution in [-0.4, -0.2) is 13.1 Å². The molecule has 2 bridgehead atoms. The first kappa shape index (κ1) is 21.1. The average molecular weight is 465 g/mol. The number of rotatable bonds is 4. The lowest BCUT2D eigenvalue weighted by Crippen LogP contribution is -2.37. The van der Waals surface area contributed by atoms with Crippen molar-refractivity contribution in [2.24, 2.45) is 5.92 Å². The molecule has 3 aliphatic carbocycles. The topological polar surface area (TPSA) is 43.4 Å². The second kappa shape index (κ2) is 8.11. The van der Waals surface area contributed by atoms with Crippen LogP contribution in [0.4, 0.5) is 0 Å². The molecule has 3 aliphatic rings. The number of carbonyl (C=O) groups excluding carboxylic acids is 1. The number of hydrogen-bond donors (Lipinski definition) is 0. The average Bonchev–Trinajstić information content (AvgIpc) is 2.92. The number of carbonyl (C=O) groups is 1. The van der Waals surface area contributed by atoms with E-state index in [0.717, 1.165) is 21.5 Å². The normalized spacial score (nSPS) is 20.3. The molecule has 3 atom stereocenters. The van der Waals surface area contributed by atoms with Gasteiger partial charge in [0.1, 0.15) is 0 Å². The van der Waals surface area contributed by atoms with E-state index >= 15 is 0 Å². The third kappa shape index (κ3) is 3.04. The number of methoxy groups -OCH3 is 1. The molecule has 0 saturated carbocycles. The summed E-state index contributed by atoms with van der Waals surface area (Å²) in [4.78, 5) is 12.7. The molecule has 4 heteroatoms. The number of esters is 1. The highest BCUT2D eigenvalue weighted by Gasteiger charge is 2.47. The number of ether oxygens (including phenoxy) is 1. The molecule has 0 heterocycles. The van der Waals surface area contributed by atoms with Crippen molar-refractivity contribution in [3.05, 3.63) is 125 Å². The largest absolute Gasteiger partial charge is 0.469 e. The van der Waals surface area contributed by atoms with E-state index in [2.05, 4.69) is 30.3 Å². The van der Waals surface area contributed by atoms with Gasteiger partial charge in [-0.2, -0.15) is 0 Å². The summed E-state index contributed by atoms with van der Waals surface area (Å²) in [6.07, 6.45) is 0.714. The fourth-order valence-corrected chi connectivity index (χ4v) is 8.66. The van der Waals surface area contributed by atoms with E-state index in [0.29, 0.717) is 6.42 Å². The maximum absolute atomic E-state index is 14.9. The van der Waals surface area contributed by atoms with E-state index in [1.807, 2.05) is 72.8 Å². The molecular formula is C30H25O3P. The summed E-state index contributed by atoms with van der Waals surface area (Å²) in [5.41, 5.74) is 4.82. The third-order valence-corrected chi connectivity index (χ3v) is 10.5. The fourth-order valence-electron chi connectivity index (χ4n) is 5.97. The van der Waals surface area contributed by atoms with Gasteiger partial charge in [-0.25, -0.2) is 0 Å². The first-order valence-electron chi connectivity index (χ1n) is 11.6. The van der Waals surface area contributed by atoms with Gasteiger partial charge in [-0.3, -0.25) is 4.79 Å². The monoisotopic (exact) mass is 464 g/mol. The Balaban J connectivity index is 1.56. The number of hydrogen-bond acceptors (Lipinski definition) is 3. The van der Waals surface area contributed by atoms with Gasteiger partial charge in [0, 0.05) is 27.7 Å². The smallest absolute Gasteiger partial charge is 0.309 e. The zero-order valence-corrected chi connectivity index (χ0v) is 19.8. The van der Waals surface area contributed by atoms with Crippen molar-refractivity contribution in [2.75, 3.05) is 7.11 Å². The van der Waals surface area contributed by atoms with E-state index in [1.54, 1.807) is 0 Å². The first-order valence-corrected chi connectivity index (χ1v) is 13.4. The summed E-state index contributed by atoms with van der Waals surface area (Å²) in [6.45, 7) is 0. The van der Waals surface area contributed by atoms with Crippen LogP contribution in [-0.2, 0) is 14.1 Å². The summed E-state index contributed by atoms with van der Waals surface area (Å²) >= 11 is 0. The minimum absolute atomic E-state index is 0.0365. The van der Waals surface area contributed by atoms with Crippen LogP contribution in [0.1, 0.15) is 40.5 Å². The highest BCUT2D eigenvalue weighted by atomic mass is 31.2. The van der Waals surface area contributed by atoms with Crippen molar-refractivity contribution in [3.8, 4) is 0 Å². The predicted octanol–water partition coefficient (Wildman–Crippen LogP) is 5.10. The Morgan fingerprint density at radius 1 is 0.706 bits per heavy atom. The van der Waals surface area contributed by atoms with Crippen molar-refractivity contribution in [1.82, 2.24) is 0 Å². The molecule has 4 aromatic carbocycles. The number of benzene rings is 4. The molecule has 0 saturated heterocycles. The van der Waals surface area contributed by atoms with E-state index in [1.165, 1.54) is 23.8 Å². The van der Waals surface area contributed by atoms with Gasteiger partial charge in [0.15, 0.2) is 7.14 Å². The van der Waals surface area contributed by atoms with Crippen LogP contribution in [0.2, 0.25) is 0 Å². The van der Waals surface area contributed by atoms with E-state index in [-0.39, 0.29) is 23.7 Å². The Morgan fingerprint density at radius 3 is 1.88 bits per heavy atom. The van der Waals surface area contributed by atoms with E-state index < -0.39 is 7.14 Å². The van der Waals surface area contributed by atoms with Crippen LogP contribution in [0, 0.1) is 5.92 Å². The highest BCUT2D eigenvalue weighted by Crippen LogP contribution is 2.56. The minimum Gasteiger partial charge on any atom is -0.469 e. The first-order chi connectivity index (χ1) is 16.6. The molecule has 0 aromatic heterocycles. The zero-order chi connectivity index (χ0) is 23.3. The SMILES string of the molecule is COC(=O)[C@@H]1C[C@@H]2c3ccccc3[C@H]1c1ccc(P(=O)(c3ccccc3)c3ccccc3)cc12. The molecule has 7 rings (SSSR count). The van der Waals surface area contributed by atoms with Crippen LogP contribution in [0.5, 0.6) is 0 Å². The molecular weight excluding hydrogens is 439 g/mol. The maximum atomic E-state index is 14.9. The van der Waals surface area contributed by atoms with Gasteiger partial charge < -0.3 is 9.30 Å². The van der Waals surface area contributed by atoms with Crippen molar-refractivity contribution in [2.45, 2.75) is 18.3 Å². The summed E-state index contributed by atoms with van der Waals surface area (Å²) in [7, 11) is -1.59. The van der Waals surface area contributed by atoms with Crippen LogP contribution in [0.3, 0.4) is 0 Å². The molecule has 0 aliphatic heterocycles. The summed E-state index contributed by atoms with van der Waals surface area (Å²) in [6, 6.07) is 34.2. The van der Waals surface area contributed by atoms with Crippen molar-refractivity contribution < 1.29 is 14.1 Å². The molecule has 0 amide bonds. The maximum Gasteiger partial charge on any atom is 0.309 e. The van der Waals surface area contributed by atoms with Gasteiger partial charge in [-0.1, -0.05) is 97.1 Å². The zero-order valence-electron chi connectivity index (χ0n) is 18.9. The molecule has 3 nitrogen and oxygen atoms in total. The predicted molar refractivity (Wildman–Crippen MR) is 136 cm³/mol. The van der Waals surface area contributed by atoms with Crippen molar-refractivity contribution in [1.29, 1.82) is 0 Å². The molecule has 0 unspecified atom stereocenters. The minimum atomic E-state index is -3.06. The summed E-state index contributed by atoms with van der Waals surface area (Å²) < 4.78 is 20.1. The molecule has 0 radical (unpaired) electrons. The Morgan fingerprint density at radius 2 is 1.26 bits per heavy atom. The highest BCUT2D eigenvalue weighted by molar-refractivity contribution is 7.85. The van der Waals surface area contributed by atoms with E-state index in [9.17, 15) is 9.36 Å². The van der Waals surface area contributed by atoms with Gasteiger partial charge in [0.2, 0.25) is 0 Å². The lowest BCUT2D eigenvalue weighted by Gasteiger charge is -2.44. The van der Waals surface area contributed by atoms with Gasteiger partial charge in [-0.15, -0.1) is 0 Å². The Bertz CT molecular complexity index is 1380. The molecule has 4 aromatic rings. The summed E-state index contributed by atoms with van der Waals surface area (Å²) in [5.74, 6) is -0.303. The lowest BCUT2D eigenvalue weighted by molar-refractivity contribution is -0.146. The van der Waals surface area contributed by atoms with E-state index in [4.69, 9.17) is 4.74 Å². The van der Waals surface area contributed by atoms with Crippen molar-refractivity contribution in [3.63, 3.8) is 0 Å². The molecule has 168 valence electrons. The molecule has 34 heavy (non-hydrogen) atoms. The van der Waals surface area contributed by atoms with Gasteiger partial charge in [0.25, 0.3) is 0 Å². The molecule has 0 spiro atoms. The lowest BCUT2D eigenvalue weighted by atomic mass is 9.59. The van der Waals surface area contributed by atoms with Crippen LogP contribution in [0.25, 0.3) is 0 Å². The van der Waals surface area contributed by atoms with Gasteiger partial charge >= 0.3 is 5.97 Å². The molecule has 0 N–H and O–H groups in total. The third-order valence-electron chi connectivity index (χ3n) is 7.49. The standard InChI is InChI=1S/C30H25O3P/c1-33-30(31)28-19-27-23-14-8-9-15-24(23)29(28)25-17-16-22(18-26(25)27)34(32,20-10-4-2-5-11-20)21-12-6-3-7-13-21/h2-18,27-29H,19H2,1H3/t27-,28-,29+/m1/s1. The van der Waals surface area contributed by atoms with Gasteiger partial charge in [0.05, 0.1) is 13.0 Å². The fraction of sp³-hybridized carbons (Fsp3) is 0.167. The van der Waals surface area contributed by atoms with Crippen LogP contribution >= 0.6 is 7.14 Å². The quantitative estimate of drug-likeness (QED) is 0.312. The Hall–Kier alpha value is -3.42. The van der Waals surface area contributed by atoms with Gasteiger partial charge in [-0.05, 0) is 34.7 Å². The number of fused-ring (bicyclic) bond motifs is 1. The van der Waals surface area contributed by atoms with Crippen molar-refractivity contribution >= 4 is 29.0 Å². The van der Waals surface area contributed by atoms with Crippen LogP contribution in [0.15, 0.2) is 103 Å². The molecule has 0 fully saturated rings. The van der Waals surface area contributed by atoms with Crippen LogP contribution < -0.4 is 15.9 Å².